The van der Waals surface area contributed by atoms with Crippen LogP contribution in [0.25, 0.3) is 0 Å². The van der Waals surface area contributed by atoms with Crippen molar-refractivity contribution < 1.29 is 13.2 Å². The van der Waals surface area contributed by atoms with E-state index in [2.05, 4.69) is 15.9 Å². The first-order valence-electron chi connectivity index (χ1n) is 6.45. The average Bonchev–Trinajstić information content (AvgIpc) is 2.37. The summed E-state index contributed by atoms with van der Waals surface area (Å²) in [5.74, 6) is 0. The molecule has 1 aromatic rings. The summed E-state index contributed by atoms with van der Waals surface area (Å²) in [5, 5.41) is 0.212. The molecule has 0 aliphatic rings. The number of nitrogens with zero attached hydrogens (tertiary/aromatic N) is 1. The molecule has 0 bridgehead atoms. The average molecular weight is 338 g/mol. The molecule has 0 radical (unpaired) electrons. The maximum Gasteiger partial charge on any atom is 0.416 e. The Morgan fingerprint density at radius 2 is 1.68 bits per heavy atom. The van der Waals surface area contributed by atoms with E-state index in [1.54, 1.807) is 12.1 Å². The summed E-state index contributed by atoms with van der Waals surface area (Å²) in [7, 11) is 0. The highest BCUT2D eigenvalue weighted by Crippen LogP contribution is 2.35. The molecule has 0 aromatic heterocycles. The Hall–Kier alpha value is -0.710. The van der Waals surface area contributed by atoms with Gasteiger partial charge in [-0.05, 0) is 30.5 Å². The molecule has 0 N–H and O–H groups in total. The summed E-state index contributed by atoms with van der Waals surface area (Å²) in [5.41, 5.74) is 0.393. The summed E-state index contributed by atoms with van der Waals surface area (Å²) in [6, 6.07) is 4.60. The van der Waals surface area contributed by atoms with E-state index in [1.807, 2.05) is 18.7 Å². The number of anilines is 1. The first kappa shape index (κ1) is 16.3. The Kier molecular flexibility index (Phi) is 6.17. The van der Waals surface area contributed by atoms with Gasteiger partial charge < -0.3 is 4.90 Å². The molecule has 0 fully saturated rings. The molecule has 108 valence electrons. The lowest BCUT2D eigenvalue weighted by Crippen LogP contribution is -2.25. The van der Waals surface area contributed by atoms with Crippen molar-refractivity contribution in [3.05, 3.63) is 29.3 Å². The van der Waals surface area contributed by atoms with Crippen molar-refractivity contribution in [1.82, 2.24) is 0 Å². The van der Waals surface area contributed by atoms with E-state index in [0.29, 0.717) is 5.69 Å². The molecule has 0 atom stereocenters. The largest absolute Gasteiger partial charge is 0.416 e. The summed E-state index contributed by atoms with van der Waals surface area (Å²) in [4.78, 5) is 2.01. The molecule has 0 saturated heterocycles. The summed E-state index contributed by atoms with van der Waals surface area (Å²) in [6.07, 6.45) is -2.47. The summed E-state index contributed by atoms with van der Waals surface area (Å²) >= 11 is 3.11. The van der Waals surface area contributed by atoms with Gasteiger partial charge in [0, 0.05) is 24.1 Å². The van der Waals surface area contributed by atoms with E-state index in [0.717, 1.165) is 25.9 Å². The van der Waals surface area contributed by atoms with Crippen molar-refractivity contribution in [2.75, 3.05) is 18.0 Å². The van der Waals surface area contributed by atoms with Crippen LogP contribution in [0.2, 0.25) is 0 Å². The number of hydrogen-bond donors (Lipinski definition) is 0. The van der Waals surface area contributed by atoms with E-state index in [9.17, 15) is 13.2 Å². The van der Waals surface area contributed by atoms with Crippen molar-refractivity contribution in [3.8, 4) is 0 Å². The topological polar surface area (TPSA) is 3.24 Å². The molecule has 0 unspecified atom stereocenters. The minimum Gasteiger partial charge on any atom is -0.372 e. The van der Waals surface area contributed by atoms with Crippen LogP contribution in [-0.2, 0) is 11.5 Å². The Labute approximate surface area is 120 Å². The van der Waals surface area contributed by atoms with Crippen LogP contribution in [0, 0.1) is 0 Å². The van der Waals surface area contributed by atoms with Gasteiger partial charge in [-0.1, -0.05) is 35.8 Å². The SMILES string of the molecule is CCCN(CCC)c1ccc(CBr)c(C(F)(F)F)c1. The minimum atomic E-state index is -4.30. The van der Waals surface area contributed by atoms with Gasteiger partial charge in [0.2, 0.25) is 0 Å². The number of rotatable bonds is 6. The molecule has 1 aromatic carbocycles. The molecule has 5 heteroatoms. The smallest absolute Gasteiger partial charge is 0.372 e. The third-order valence-electron chi connectivity index (χ3n) is 2.90. The second kappa shape index (κ2) is 7.17. The zero-order chi connectivity index (χ0) is 14.5. The maximum absolute atomic E-state index is 13.0. The Bertz CT molecular complexity index is 398. The lowest BCUT2D eigenvalue weighted by molar-refractivity contribution is -0.138. The fourth-order valence-electron chi connectivity index (χ4n) is 2.05. The third-order valence-corrected chi connectivity index (χ3v) is 3.50. The lowest BCUT2D eigenvalue weighted by atomic mass is 10.1. The highest BCUT2D eigenvalue weighted by Gasteiger charge is 2.33. The molecule has 0 amide bonds. The number of hydrogen-bond acceptors (Lipinski definition) is 1. The van der Waals surface area contributed by atoms with E-state index in [-0.39, 0.29) is 10.9 Å². The second-order valence-corrected chi connectivity index (χ2v) is 5.02. The molecule has 19 heavy (non-hydrogen) atoms. The first-order chi connectivity index (χ1) is 8.93. The van der Waals surface area contributed by atoms with Gasteiger partial charge in [-0.2, -0.15) is 13.2 Å². The molecule has 1 nitrogen and oxygen atoms in total. The Balaban J connectivity index is 3.15. The van der Waals surface area contributed by atoms with Crippen LogP contribution in [0.1, 0.15) is 37.8 Å². The second-order valence-electron chi connectivity index (χ2n) is 4.46. The highest BCUT2D eigenvalue weighted by molar-refractivity contribution is 9.08. The number of halogens is 4. The van der Waals surface area contributed by atoms with Gasteiger partial charge in [-0.25, -0.2) is 0 Å². The van der Waals surface area contributed by atoms with Crippen molar-refractivity contribution in [3.63, 3.8) is 0 Å². The van der Waals surface area contributed by atoms with E-state index < -0.39 is 11.7 Å². The monoisotopic (exact) mass is 337 g/mol. The first-order valence-corrected chi connectivity index (χ1v) is 7.57. The fourth-order valence-corrected chi connectivity index (χ4v) is 2.54. The van der Waals surface area contributed by atoms with Crippen LogP contribution < -0.4 is 4.90 Å². The van der Waals surface area contributed by atoms with Gasteiger partial charge in [0.25, 0.3) is 0 Å². The summed E-state index contributed by atoms with van der Waals surface area (Å²) < 4.78 is 39.0. The number of benzene rings is 1. The predicted octanol–water partition coefficient (Wildman–Crippen LogP) is 5.23. The molecule has 0 saturated carbocycles. The predicted molar refractivity (Wildman–Crippen MR) is 76.9 cm³/mol. The van der Waals surface area contributed by atoms with Crippen molar-refractivity contribution in [2.45, 2.75) is 38.2 Å². The van der Waals surface area contributed by atoms with Gasteiger partial charge in [0.1, 0.15) is 0 Å². The maximum atomic E-state index is 13.0. The van der Waals surface area contributed by atoms with Crippen LogP contribution in [0.4, 0.5) is 18.9 Å². The van der Waals surface area contributed by atoms with Crippen LogP contribution in [0.3, 0.4) is 0 Å². The van der Waals surface area contributed by atoms with Crippen LogP contribution in [-0.4, -0.2) is 13.1 Å². The third kappa shape index (κ3) is 4.41. The van der Waals surface area contributed by atoms with Crippen molar-refractivity contribution in [1.29, 1.82) is 0 Å². The zero-order valence-corrected chi connectivity index (χ0v) is 12.8. The van der Waals surface area contributed by atoms with Crippen molar-refractivity contribution in [2.24, 2.45) is 0 Å². The standard InChI is InChI=1S/C14H19BrF3N/c1-3-7-19(8-4-2)12-6-5-11(10-15)13(9-12)14(16,17)18/h5-6,9H,3-4,7-8,10H2,1-2H3. The van der Waals surface area contributed by atoms with Gasteiger partial charge >= 0.3 is 6.18 Å². The number of alkyl halides is 4. The molecule has 0 heterocycles. The normalized spacial score (nSPS) is 11.7. The van der Waals surface area contributed by atoms with E-state index >= 15 is 0 Å². The fraction of sp³-hybridized carbons (Fsp3) is 0.571. The Morgan fingerprint density at radius 1 is 1.11 bits per heavy atom. The van der Waals surface area contributed by atoms with Gasteiger partial charge in [0.15, 0.2) is 0 Å². The van der Waals surface area contributed by atoms with Crippen LogP contribution >= 0.6 is 15.9 Å². The quantitative estimate of drug-likeness (QED) is 0.642. The van der Waals surface area contributed by atoms with Crippen molar-refractivity contribution >= 4 is 21.6 Å². The summed E-state index contributed by atoms with van der Waals surface area (Å²) in [6.45, 7) is 5.61. The van der Waals surface area contributed by atoms with Gasteiger partial charge in [0.05, 0.1) is 5.56 Å². The van der Waals surface area contributed by atoms with E-state index in [4.69, 9.17) is 0 Å². The molecule has 0 aliphatic heterocycles. The molecular weight excluding hydrogens is 319 g/mol. The molecule has 1 rings (SSSR count). The van der Waals surface area contributed by atoms with Gasteiger partial charge in [-0.3, -0.25) is 0 Å². The van der Waals surface area contributed by atoms with Crippen LogP contribution in [0.5, 0.6) is 0 Å². The highest BCUT2D eigenvalue weighted by atomic mass is 79.9. The minimum absolute atomic E-state index is 0.212. The zero-order valence-electron chi connectivity index (χ0n) is 11.2. The molecule has 0 aliphatic carbocycles. The van der Waals surface area contributed by atoms with Gasteiger partial charge in [-0.15, -0.1) is 0 Å². The molecule has 0 spiro atoms. The molecular formula is C14H19BrF3N. The lowest BCUT2D eigenvalue weighted by Gasteiger charge is -2.25. The van der Waals surface area contributed by atoms with E-state index in [1.165, 1.54) is 6.07 Å². The Morgan fingerprint density at radius 3 is 2.11 bits per heavy atom. The van der Waals surface area contributed by atoms with Crippen LogP contribution in [0.15, 0.2) is 18.2 Å².